The number of rotatable bonds is 2. The Balaban J connectivity index is 1.80. The second kappa shape index (κ2) is 5.33. The van der Waals surface area contributed by atoms with Crippen molar-refractivity contribution < 1.29 is 0 Å². The molecular formula is C16H18N4. The maximum absolute atomic E-state index is 7.24. The fourth-order valence-corrected chi connectivity index (χ4v) is 2.83. The molecule has 102 valence electrons. The maximum Gasteiger partial charge on any atom is 0.191 e. The largest absolute Gasteiger partial charge is 0.370 e. The van der Waals surface area contributed by atoms with Crippen molar-refractivity contribution in [1.29, 1.82) is 5.41 Å². The lowest BCUT2D eigenvalue weighted by Gasteiger charge is -2.24. The lowest BCUT2D eigenvalue weighted by molar-refractivity contribution is 0.575. The van der Waals surface area contributed by atoms with Gasteiger partial charge in [0.05, 0.1) is 0 Å². The number of hydrogen-bond acceptors (Lipinski definition) is 2. The fourth-order valence-electron chi connectivity index (χ4n) is 2.83. The molecule has 1 aliphatic carbocycles. The van der Waals surface area contributed by atoms with Crippen molar-refractivity contribution in [2.75, 3.05) is 5.32 Å². The zero-order valence-electron chi connectivity index (χ0n) is 11.3. The fraction of sp³-hybridized carbons (Fsp3) is 0.250. The quantitative estimate of drug-likeness (QED) is 0.578. The van der Waals surface area contributed by atoms with Gasteiger partial charge in [0, 0.05) is 5.69 Å². The summed E-state index contributed by atoms with van der Waals surface area (Å²) in [6.45, 7) is 0. The second-order valence-corrected chi connectivity index (χ2v) is 5.19. The molecule has 1 aliphatic rings. The van der Waals surface area contributed by atoms with Gasteiger partial charge in [0.1, 0.15) is 5.82 Å². The van der Waals surface area contributed by atoms with Crippen LogP contribution in [0.2, 0.25) is 0 Å². The Morgan fingerprint density at radius 1 is 1.20 bits per heavy atom. The number of nitrogens with two attached hydrogens (primary N) is 1. The van der Waals surface area contributed by atoms with E-state index < -0.39 is 0 Å². The van der Waals surface area contributed by atoms with Crippen LogP contribution in [0.15, 0.2) is 42.5 Å². The molecule has 4 N–H and O–H groups in total. The van der Waals surface area contributed by atoms with Gasteiger partial charge < -0.3 is 11.1 Å². The molecule has 0 bridgehead atoms. The number of hydrogen-bond donors (Lipinski definition) is 3. The van der Waals surface area contributed by atoms with Crippen molar-refractivity contribution in [2.24, 2.45) is 5.73 Å². The first-order chi connectivity index (χ1) is 9.72. The van der Waals surface area contributed by atoms with Crippen LogP contribution in [0.5, 0.6) is 0 Å². The van der Waals surface area contributed by atoms with Crippen LogP contribution in [0.3, 0.4) is 0 Å². The minimum Gasteiger partial charge on any atom is -0.370 e. The molecule has 1 unspecified atom stereocenters. The minimum absolute atomic E-state index is 0.0737. The molecule has 2 aromatic rings. The molecule has 1 heterocycles. The molecule has 0 saturated heterocycles. The third kappa shape index (κ3) is 2.64. The normalized spacial score (nSPS) is 17.3. The van der Waals surface area contributed by atoms with Crippen LogP contribution in [0.4, 0.5) is 5.82 Å². The minimum atomic E-state index is -0.0737. The number of anilines is 1. The summed E-state index contributed by atoms with van der Waals surface area (Å²) in [5, 5.41) is 9.99. The van der Waals surface area contributed by atoms with Crippen molar-refractivity contribution in [3.63, 3.8) is 0 Å². The van der Waals surface area contributed by atoms with Crippen molar-refractivity contribution >= 4 is 11.8 Å². The monoisotopic (exact) mass is 266 g/mol. The van der Waals surface area contributed by atoms with Crippen LogP contribution in [0.25, 0.3) is 0 Å². The Bertz CT molecular complexity index is 622. The van der Waals surface area contributed by atoms with E-state index in [2.05, 4.69) is 46.7 Å². The van der Waals surface area contributed by atoms with E-state index in [0.29, 0.717) is 11.7 Å². The molecule has 0 aliphatic heterocycles. The first-order valence-corrected chi connectivity index (χ1v) is 6.87. The number of aromatic nitrogens is 1. The molecule has 1 aromatic carbocycles. The second-order valence-electron chi connectivity index (χ2n) is 5.19. The van der Waals surface area contributed by atoms with Crippen LogP contribution >= 0.6 is 0 Å². The molecule has 1 atom stereocenters. The molecule has 4 heteroatoms. The number of nitrogens with one attached hydrogen (secondary N) is 2. The highest BCUT2D eigenvalue weighted by Crippen LogP contribution is 2.32. The third-order valence-electron chi connectivity index (χ3n) is 3.80. The molecule has 0 fully saturated rings. The van der Waals surface area contributed by atoms with Gasteiger partial charge >= 0.3 is 0 Å². The van der Waals surface area contributed by atoms with Gasteiger partial charge in [-0.15, -0.1) is 0 Å². The maximum atomic E-state index is 7.24. The molecule has 0 amide bonds. The van der Waals surface area contributed by atoms with E-state index in [4.69, 9.17) is 11.1 Å². The summed E-state index contributed by atoms with van der Waals surface area (Å²) in [5.41, 5.74) is 9.17. The van der Waals surface area contributed by atoms with Crippen molar-refractivity contribution in [1.82, 2.24) is 4.98 Å². The molecule has 0 saturated carbocycles. The van der Waals surface area contributed by atoms with Crippen LogP contribution in [0.1, 0.15) is 29.2 Å². The topological polar surface area (TPSA) is 74.8 Å². The van der Waals surface area contributed by atoms with E-state index in [1.165, 1.54) is 11.1 Å². The third-order valence-corrected chi connectivity index (χ3v) is 3.80. The Morgan fingerprint density at radius 3 is 2.75 bits per heavy atom. The predicted octanol–water partition coefficient (Wildman–Crippen LogP) is 2.66. The van der Waals surface area contributed by atoms with Crippen molar-refractivity contribution in [3.8, 4) is 0 Å². The van der Waals surface area contributed by atoms with E-state index in [-0.39, 0.29) is 5.96 Å². The predicted molar refractivity (Wildman–Crippen MR) is 81.0 cm³/mol. The number of aryl methyl sites for hydroxylation is 1. The molecular weight excluding hydrogens is 248 g/mol. The zero-order chi connectivity index (χ0) is 13.9. The number of pyridine rings is 1. The molecule has 0 radical (unpaired) electrons. The van der Waals surface area contributed by atoms with Gasteiger partial charge in [-0.05, 0) is 42.4 Å². The lowest BCUT2D eigenvalue weighted by Crippen LogP contribution is -2.22. The van der Waals surface area contributed by atoms with Crippen molar-refractivity contribution in [2.45, 2.75) is 25.2 Å². The van der Waals surface area contributed by atoms with Gasteiger partial charge in [-0.3, -0.25) is 5.41 Å². The SMILES string of the molecule is N=C(N)Nc1ccc2c(n1)CCC(c1ccccc1)C2. The van der Waals surface area contributed by atoms with Gasteiger partial charge in [-0.1, -0.05) is 36.4 Å². The summed E-state index contributed by atoms with van der Waals surface area (Å²) >= 11 is 0. The number of benzene rings is 1. The first-order valence-electron chi connectivity index (χ1n) is 6.87. The highest BCUT2D eigenvalue weighted by molar-refractivity contribution is 5.88. The lowest BCUT2D eigenvalue weighted by atomic mass is 9.82. The van der Waals surface area contributed by atoms with E-state index in [9.17, 15) is 0 Å². The molecule has 0 spiro atoms. The first kappa shape index (κ1) is 12.7. The van der Waals surface area contributed by atoms with Crippen LogP contribution in [0, 0.1) is 5.41 Å². The van der Waals surface area contributed by atoms with Gasteiger partial charge in [-0.25, -0.2) is 4.98 Å². The molecule has 20 heavy (non-hydrogen) atoms. The van der Waals surface area contributed by atoms with Crippen LogP contribution in [-0.2, 0) is 12.8 Å². The van der Waals surface area contributed by atoms with Gasteiger partial charge in [0.2, 0.25) is 0 Å². The van der Waals surface area contributed by atoms with Gasteiger partial charge in [0.25, 0.3) is 0 Å². The number of fused-ring (bicyclic) bond motifs is 1. The van der Waals surface area contributed by atoms with Crippen LogP contribution < -0.4 is 11.1 Å². The summed E-state index contributed by atoms with van der Waals surface area (Å²) in [5.74, 6) is 1.17. The Kier molecular flexibility index (Phi) is 3.37. The highest BCUT2D eigenvalue weighted by Gasteiger charge is 2.21. The Labute approximate surface area is 118 Å². The highest BCUT2D eigenvalue weighted by atomic mass is 15.1. The van der Waals surface area contributed by atoms with Crippen LogP contribution in [-0.4, -0.2) is 10.9 Å². The number of guanidine groups is 1. The summed E-state index contributed by atoms with van der Waals surface area (Å²) < 4.78 is 0. The molecule has 1 aromatic heterocycles. The van der Waals surface area contributed by atoms with E-state index in [0.717, 1.165) is 25.0 Å². The van der Waals surface area contributed by atoms with E-state index in [1.807, 2.05) is 6.07 Å². The van der Waals surface area contributed by atoms with Gasteiger partial charge in [0.15, 0.2) is 5.96 Å². The summed E-state index contributed by atoms with van der Waals surface area (Å²) in [7, 11) is 0. The summed E-state index contributed by atoms with van der Waals surface area (Å²) in [4.78, 5) is 4.55. The molecule has 3 rings (SSSR count). The zero-order valence-corrected chi connectivity index (χ0v) is 11.3. The standard InChI is InChI=1S/C16H18N4/c17-16(18)20-15-9-7-13-10-12(6-8-14(13)19-15)11-4-2-1-3-5-11/h1-5,7,9,12H,6,8,10H2,(H4,17,18,19,20). The van der Waals surface area contributed by atoms with E-state index >= 15 is 0 Å². The average molecular weight is 266 g/mol. The van der Waals surface area contributed by atoms with E-state index in [1.54, 1.807) is 0 Å². The smallest absolute Gasteiger partial charge is 0.191 e. The average Bonchev–Trinajstić information content (AvgIpc) is 2.47. The Hall–Kier alpha value is -2.36. The van der Waals surface area contributed by atoms with Gasteiger partial charge in [-0.2, -0.15) is 0 Å². The summed E-state index contributed by atoms with van der Waals surface area (Å²) in [6, 6.07) is 14.7. The summed E-state index contributed by atoms with van der Waals surface area (Å²) in [6.07, 6.45) is 3.13. The number of nitrogens with zero attached hydrogens (tertiary/aromatic N) is 1. The van der Waals surface area contributed by atoms with Crippen molar-refractivity contribution in [3.05, 3.63) is 59.3 Å². The molecule has 4 nitrogen and oxygen atoms in total. The Morgan fingerprint density at radius 2 is 2.00 bits per heavy atom.